The first-order valence-corrected chi connectivity index (χ1v) is 7.73. The Labute approximate surface area is 139 Å². The maximum atomic E-state index is 11.2. The van der Waals surface area contributed by atoms with E-state index in [0.717, 1.165) is 24.6 Å². The molecule has 8 heteroatoms. The number of nitro groups is 2. The molecule has 0 aliphatic heterocycles. The fraction of sp³-hybridized carbons (Fsp3) is 0.438. The van der Waals surface area contributed by atoms with Crippen LogP contribution in [0.2, 0.25) is 0 Å². The molecule has 1 unspecified atom stereocenters. The third-order valence-electron chi connectivity index (χ3n) is 4.12. The second kappa shape index (κ2) is 7.20. The minimum atomic E-state index is -0.662. The molecule has 0 spiro atoms. The number of non-ortho nitro benzene ring substituents is 1. The summed E-state index contributed by atoms with van der Waals surface area (Å²) in [5, 5.41) is 26.3. The smallest absolute Gasteiger partial charge is 0.271 e. The van der Waals surface area contributed by atoms with Gasteiger partial charge in [0.25, 0.3) is 5.69 Å². The Morgan fingerprint density at radius 3 is 2.54 bits per heavy atom. The molecule has 1 aromatic carbocycles. The standard InChI is InChI=1S/C16H20N4O4/c1-10(2)13-6-4-11(3)8-15(13)18-17-14-7-5-12(19(21)22)9-16(14)20(23)24/h5,7-10,13,17H,4,6H2,1-3H3/b18-15-. The van der Waals surface area contributed by atoms with E-state index in [2.05, 4.69) is 24.4 Å². The van der Waals surface area contributed by atoms with Crippen LogP contribution in [0.4, 0.5) is 17.1 Å². The highest BCUT2D eigenvalue weighted by atomic mass is 16.6. The zero-order chi connectivity index (χ0) is 17.9. The number of hydrazone groups is 1. The predicted octanol–water partition coefficient (Wildman–Crippen LogP) is 4.28. The number of nitrogens with zero attached hydrogens (tertiary/aromatic N) is 3. The van der Waals surface area contributed by atoms with Gasteiger partial charge < -0.3 is 0 Å². The summed E-state index contributed by atoms with van der Waals surface area (Å²) in [6.07, 6.45) is 4.00. The van der Waals surface area contributed by atoms with Gasteiger partial charge in [0.15, 0.2) is 0 Å². The molecule has 0 bridgehead atoms. The average molecular weight is 332 g/mol. The van der Waals surface area contributed by atoms with Gasteiger partial charge in [0.05, 0.1) is 21.6 Å². The third kappa shape index (κ3) is 3.95. The van der Waals surface area contributed by atoms with Gasteiger partial charge in [0, 0.05) is 12.0 Å². The van der Waals surface area contributed by atoms with Crippen molar-refractivity contribution in [2.24, 2.45) is 16.9 Å². The first-order valence-electron chi connectivity index (χ1n) is 7.73. The number of benzene rings is 1. The number of hydrogen-bond donors (Lipinski definition) is 1. The summed E-state index contributed by atoms with van der Waals surface area (Å²) in [7, 11) is 0. The van der Waals surface area contributed by atoms with Crippen LogP contribution in [0.25, 0.3) is 0 Å². The van der Waals surface area contributed by atoms with Gasteiger partial charge in [0.2, 0.25) is 0 Å². The van der Waals surface area contributed by atoms with E-state index >= 15 is 0 Å². The first kappa shape index (κ1) is 17.6. The summed E-state index contributed by atoms with van der Waals surface area (Å²) in [5.74, 6) is 0.681. The van der Waals surface area contributed by atoms with Gasteiger partial charge >= 0.3 is 5.69 Å². The molecule has 0 saturated heterocycles. The lowest BCUT2D eigenvalue weighted by Crippen LogP contribution is -2.23. The van der Waals surface area contributed by atoms with Gasteiger partial charge in [-0.1, -0.05) is 19.4 Å². The first-order chi connectivity index (χ1) is 11.3. The lowest BCUT2D eigenvalue weighted by molar-refractivity contribution is -0.393. The molecule has 2 rings (SSSR count). The topological polar surface area (TPSA) is 111 Å². The van der Waals surface area contributed by atoms with E-state index in [-0.39, 0.29) is 23.0 Å². The largest absolute Gasteiger partial charge is 0.301 e. The van der Waals surface area contributed by atoms with Crippen LogP contribution in [-0.2, 0) is 0 Å². The van der Waals surface area contributed by atoms with Crippen LogP contribution in [-0.4, -0.2) is 15.6 Å². The molecule has 1 N–H and O–H groups in total. The monoisotopic (exact) mass is 332 g/mol. The van der Waals surface area contributed by atoms with E-state index in [0.29, 0.717) is 5.92 Å². The molecule has 1 aliphatic carbocycles. The molecule has 1 aliphatic rings. The number of anilines is 1. The van der Waals surface area contributed by atoms with Crippen LogP contribution >= 0.6 is 0 Å². The van der Waals surface area contributed by atoms with E-state index in [1.165, 1.54) is 17.7 Å². The van der Waals surface area contributed by atoms with Crippen molar-refractivity contribution in [1.29, 1.82) is 0 Å². The van der Waals surface area contributed by atoms with Crippen LogP contribution in [0.15, 0.2) is 34.9 Å². The van der Waals surface area contributed by atoms with E-state index in [9.17, 15) is 20.2 Å². The third-order valence-corrected chi connectivity index (χ3v) is 4.12. The summed E-state index contributed by atoms with van der Waals surface area (Å²) in [6, 6.07) is 3.46. The molecule has 0 radical (unpaired) electrons. The highest BCUT2D eigenvalue weighted by Crippen LogP contribution is 2.31. The van der Waals surface area contributed by atoms with Crippen LogP contribution in [0, 0.1) is 32.1 Å². The van der Waals surface area contributed by atoms with E-state index in [1.54, 1.807) is 0 Å². The number of nitro benzene ring substituents is 2. The lowest BCUT2D eigenvalue weighted by Gasteiger charge is -2.25. The molecular formula is C16H20N4O4. The molecule has 0 heterocycles. The van der Waals surface area contributed by atoms with Crippen molar-refractivity contribution in [2.45, 2.75) is 33.6 Å². The Morgan fingerprint density at radius 2 is 1.96 bits per heavy atom. The van der Waals surface area contributed by atoms with Crippen LogP contribution < -0.4 is 5.43 Å². The van der Waals surface area contributed by atoms with Gasteiger partial charge in [0.1, 0.15) is 5.69 Å². The SMILES string of the molecule is CC1=C/C(=N/Nc2ccc([N+](=O)[O-])cc2[N+](=O)[O-])C(C(C)C)CC1. The van der Waals surface area contributed by atoms with Crippen LogP contribution in [0.3, 0.4) is 0 Å². The second-order valence-electron chi connectivity index (χ2n) is 6.24. The van der Waals surface area contributed by atoms with E-state index in [1.807, 2.05) is 13.0 Å². The van der Waals surface area contributed by atoms with E-state index in [4.69, 9.17) is 0 Å². The number of allylic oxidation sites excluding steroid dienone is 2. The van der Waals surface area contributed by atoms with Gasteiger partial charge in [-0.15, -0.1) is 0 Å². The molecule has 0 saturated carbocycles. The molecule has 1 aromatic rings. The molecule has 0 fully saturated rings. The Morgan fingerprint density at radius 1 is 1.25 bits per heavy atom. The van der Waals surface area contributed by atoms with Crippen molar-refractivity contribution in [3.63, 3.8) is 0 Å². The van der Waals surface area contributed by atoms with Crippen LogP contribution in [0.5, 0.6) is 0 Å². The Kier molecular flexibility index (Phi) is 5.28. The summed E-state index contributed by atoms with van der Waals surface area (Å²) in [4.78, 5) is 20.6. The van der Waals surface area contributed by atoms with Gasteiger partial charge in [-0.25, -0.2) is 0 Å². The van der Waals surface area contributed by atoms with Crippen molar-refractivity contribution in [1.82, 2.24) is 0 Å². The molecule has 1 atom stereocenters. The molecule has 24 heavy (non-hydrogen) atoms. The summed E-state index contributed by atoms with van der Waals surface area (Å²) < 4.78 is 0. The molecule has 8 nitrogen and oxygen atoms in total. The quantitative estimate of drug-likeness (QED) is 0.639. The minimum Gasteiger partial charge on any atom is -0.271 e. The average Bonchev–Trinajstić information content (AvgIpc) is 2.52. The van der Waals surface area contributed by atoms with Crippen molar-refractivity contribution >= 4 is 22.8 Å². The number of hydrogen-bond acceptors (Lipinski definition) is 6. The molecule has 0 amide bonds. The van der Waals surface area contributed by atoms with E-state index < -0.39 is 9.85 Å². The number of nitrogens with one attached hydrogen (secondary N) is 1. The normalized spacial score (nSPS) is 19.2. The summed E-state index contributed by atoms with van der Waals surface area (Å²) >= 11 is 0. The predicted molar refractivity (Wildman–Crippen MR) is 92.1 cm³/mol. The van der Waals surface area contributed by atoms with Crippen molar-refractivity contribution < 1.29 is 9.85 Å². The Balaban J connectivity index is 2.34. The second-order valence-corrected chi connectivity index (χ2v) is 6.24. The van der Waals surface area contributed by atoms with Crippen molar-refractivity contribution in [3.8, 4) is 0 Å². The molecule has 128 valence electrons. The Hall–Kier alpha value is -2.77. The van der Waals surface area contributed by atoms with Crippen LogP contribution in [0.1, 0.15) is 33.6 Å². The zero-order valence-corrected chi connectivity index (χ0v) is 13.9. The summed E-state index contributed by atoms with van der Waals surface area (Å²) in [5.41, 5.74) is 4.22. The summed E-state index contributed by atoms with van der Waals surface area (Å²) in [6.45, 7) is 6.26. The lowest BCUT2D eigenvalue weighted by atomic mass is 9.81. The highest BCUT2D eigenvalue weighted by molar-refractivity contribution is 5.98. The maximum Gasteiger partial charge on any atom is 0.301 e. The number of rotatable bonds is 5. The molecular weight excluding hydrogens is 312 g/mol. The van der Waals surface area contributed by atoms with Gasteiger partial charge in [-0.2, -0.15) is 5.10 Å². The highest BCUT2D eigenvalue weighted by Gasteiger charge is 2.23. The minimum absolute atomic E-state index is 0.136. The Bertz CT molecular complexity index is 725. The maximum absolute atomic E-state index is 11.2. The van der Waals surface area contributed by atoms with Gasteiger partial charge in [-0.05, 0) is 37.8 Å². The fourth-order valence-corrected chi connectivity index (χ4v) is 2.76. The molecule has 0 aromatic heterocycles. The van der Waals surface area contributed by atoms with Gasteiger partial charge in [-0.3, -0.25) is 25.7 Å². The van der Waals surface area contributed by atoms with Crippen molar-refractivity contribution in [3.05, 3.63) is 50.1 Å². The fourth-order valence-electron chi connectivity index (χ4n) is 2.76. The zero-order valence-electron chi connectivity index (χ0n) is 13.9. The van der Waals surface area contributed by atoms with Crippen molar-refractivity contribution in [2.75, 3.05) is 5.43 Å².